The Bertz CT molecular complexity index is 6940. The minimum Gasteiger partial charge on any atom is -0.444 e. The van der Waals surface area contributed by atoms with Gasteiger partial charge in [-0.1, -0.05) is 18.7 Å². The van der Waals surface area contributed by atoms with Gasteiger partial charge < -0.3 is 86.5 Å². The number of hydrogen-bond acceptors (Lipinski definition) is 40. The summed E-state index contributed by atoms with van der Waals surface area (Å²) in [4.78, 5) is 104. The third-order valence-electron chi connectivity index (χ3n) is 26.8. The Balaban J connectivity index is 0.000000119. The molecule has 18 heterocycles. The molecule has 0 unspecified atom stereocenters. The molecule has 0 bridgehead atoms. The standard InChI is InChI=1S/C23H24BrN7O.C20H26N6O4.C19H19BrN8O2.C19H21BrN8.C15H18N6O2.ClH/c1-2-18(32)10-15-4-5-19-20(11-15)22(30-7-3-8-30)29-28-21(19)31-9-6-17(14-31)27-23-25-12-16(24)13-26-23;1-20(2,3)30-19(27)21-13-7-10-25(12-13)17-15-6-5-14(26(28)29)11-16(15)18(23-22-17)24-8-4-9-24;20-12-9-21-19(22-10-12)23-13-4-7-27(11-13)17-15-3-2-14(28(29)30)8-16(15)18(25-24-17)26-5-1-6-26;20-12-9-22-19(23-10-12)24-14-4-7-28(11-14)17-15-3-2-13(21)8-16(15)18(26-25-17)27-5-1-6-27;16-10-4-7-20(9-10)14-12-3-2-11(21(22)23)8-13(12)15(18-17-14)19-5-1-6-19;/h2,4-5,11-13,17H,1,3,6-10,14H2,(H,25,26,27);5-6,11,13H,4,7-10,12H2,1-3H3,(H,21,27);2-3,8-10,13H,1,4-7,11H2,(H,21,22,23);2-3,8-10,14H,1,4-7,11,21H2,(H,22,23,24);2-3,8,10H,1,4-7,9,16H2;1H/t17-;2*13-;14-;10-;/m11111./s1. The van der Waals surface area contributed by atoms with Gasteiger partial charge in [0, 0.05) is 295 Å². The zero-order valence-electron chi connectivity index (χ0n) is 79.6. The van der Waals surface area contributed by atoms with E-state index in [1.54, 1.807) is 73.6 Å². The van der Waals surface area contributed by atoms with Crippen LogP contribution in [0.5, 0.6) is 0 Å². The van der Waals surface area contributed by atoms with Crippen molar-refractivity contribution < 1.29 is 29.1 Å². The molecule has 13 aromatic rings. The normalized spacial score (nSPS) is 18.8. The van der Waals surface area contributed by atoms with Crippen LogP contribution in [0.4, 0.5) is 104 Å². The van der Waals surface area contributed by atoms with Gasteiger partial charge in [0.1, 0.15) is 5.60 Å². The molecule has 5 aromatic carbocycles. The lowest BCUT2D eigenvalue weighted by Crippen LogP contribution is -2.40. The lowest BCUT2D eigenvalue weighted by Gasteiger charge is -2.33. The lowest BCUT2D eigenvalue weighted by molar-refractivity contribution is -0.384. The highest BCUT2D eigenvalue weighted by Gasteiger charge is 2.37. The number of amides is 1. The average Bonchev–Trinajstić information content (AvgIpc) is 1.51. The highest BCUT2D eigenvalue weighted by Crippen LogP contribution is 2.43. The van der Waals surface area contributed by atoms with Gasteiger partial charge in [-0.15, -0.1) is 63.4 Å². The summed E-state index contributed by atoms with van der Waals surface area (Å²) in [5, 5.41) is 101. The van der Waals surface area contributed by atoms with E-state index in [1.165, 1.54) is 30.7 Å². The van der Waals surface area contributed by atoms with Crippen LogP contribution in [0.3, 0.4) is 0 Å². The number of nitro groups is 3. The SMILES string of the molecule is C=CC(=O)Cc1ccc2c(N3CC[C@@H](Nc4ncc(Br)cn4)C3)nnc(N3CCC3)c2c1.CC(C)(C)OC(=O)N[C@@H]1CCN(c2nnc(N3CCC3)c3cc([N+](=O)[O-])ccc23)C1.Cl.N[C@@H]1CCN(c2nnc(N3CCC3)c3cc([N+](=O)[O-])ccc23)C1.Nc1ccc2c(N3CC[C@@H](Nc4ncc(Br)cn4)C3)nnc(N3CCC3)c2c1.O=[N+]([O-])c1ccc2c(N3CC[C@@H](Nc4ncc(Br)cn4)C3)nnc(N3CCC3)c2c1. The largest absolute Gasteiger partial charge is 0.444 e. The van der Waals surface area contributed by atoms with Crippen LogP contribution in [0, 0.1) is 30.3 Å². The van der Waals surface area contributed by atoms with Crippen molar-refractivity contribution in [2.24, 2.45) is 5.73 Å². The second-order valence-corrected chi connectivity index (χ2v) is 40.7. The number of ether oxygens (including phenoxy) is 1. The maximum Gasteiger partial charge on any atom is 0.407 e. The van der Waals surface area contributed by atoms with E-state index in [2.05, 4.69) is 224 Å². The number of non-ortho nitro benzene ring substituents is 3. The number of rotatable bonds is 23. The first-order valence-corrected chi connectivity index (χ1v) is 50.4. The van der Waals surface area contributed by atoms with E-state index in [1.807, 2.05) is 39.0 Å². The monoisotopic (exact) mass is 2170 g/mol. The van der Waals surface area contributed by atoms with E-state index >= 15 is 0 Å². The summed E-state index contributed by atoms with van der Waals surface area (Å²) in [5.41, 5.74) is 13.4. The van der Waals surface area contributed by atoms with Crippen LogP contribution in [0.15, 0.2) is 154 Å². The molecule has 10 fully saturated rings. The van der Waals surface area contributed by atoms with Gasteiger partial charge in [-0.25, -0.2) is 34.7 Å². The van der Waals surface area contributed by atoms with E-state index in [0.29, 0.717) is 49.0 Å². The zero-order chi connectivity index (χ0) is 99.3. The lowest BCUT2D eigenvalue weighted by atomic mass is 10.0. The fourth-order valence-corrected chi connectivity index (χ4v) is 19.4. The first kappa shape index (κ1) is 99.9. The molecule has 10 aliphatic heterocycles. The van der Waals surface area contributed by atoms with Crippen LogP contribution >= 0.6 is 60.2 Å². The zero-order valence-corrected chi connectivity index (χ0v) is 85.1. The van der Waals surface area contributed by atoms with E-state index in [-0.39, 0.29) is 75.3 Å². The number of ketones is 1. The molecule has 144 heavy (non-hydrogen) atoms. The van der Waals surface area contributed by atoms with Crippen LogP contribution in [0.1, 0.15) is 90.5 Å². The van der Waals surface area contributed by atoms with E-state index in [0.717, 1.165) is 301 Å². The number of carbonyl (C=O) groups excluding carboxylic acids is 2. The number of allylic oxidation sites excluding steroid dienone is 1. The first-order valence-electron chi connectivity index (χ1n) is 48.0. The molecule has 8 N–H and O–H groups in total. The summed E-state index contributed by atoms with van der Waals surface area (Å²) in [5.74, 6) is 9.86. The van der Waals surface area contributed by atoms with Crippen LogP contribution in [0.25, 0.3) is 53.9 Å². The molecule has 8 aromatic heterocycles. The number of nitrogens with zero attached hydrogens (tertiary/aromatic N) is 29. The summed E-state index contributed by atoms with van der Waals surface area (Å²) in [6, 6.07) is 27.6. The van der Waals surface area contributed by atoms with Crippen molar-refractivity contribution in [3.05, 3.63) is 190 Å². The number of nitrogens with two attached hydrogens (primary N) is 2. The predicted octanol–water partition coefficient (Wildman–Crippen LogP) is 13.6. The maximum atomic E-state index is 12.1. The van der Waals surface area contributed by atoms with Gasteiger partial charge in [0.2, 0.25) is 17.8 Å². The molecule has 10 saturated heterocycles. The van der Waals surface area contributed by atoms with Crippen molar-refractivity contribution in [3.8, 4) is 0 Å². The fourth-order valence-electron chi connectivity index (χ4n) is 18.8. The summed E-state index contributed by atoms with van der Waals surface area (Å²) in [6.07, 6.45) is 21.9. The molecule has 0 saturated carbocycles. The van der Waals surface area contributed by atoms with Crippen molar-refractivity contribution in [2.45, 2.75) is 127 Å². The summed E-state index contributed by atoms with van der Waals surface area (Å²) < 4.78 is 7.90. The second-order valence-electron chi connectivity index (χ2n) is 37.9. The number of alkyl carbamates (subject to hydrolysis) is 1. The van der Waals surface area contributed by atoms with Gasteiger partial charge in [0.25, 0.3) is 17.1 Å². The number of carbonyl (C=O) groups is 2. The summed E-state index contributed by atoms with van der Waals surface area (Å²) in [6.45, 7) is 26.3. The number of benzene rings is 5. The van der Waals surface area contributed by atoms with Crippen molar-refractivity contribution >= 4 is 225 Å². The van der Waals surface area contributed by atoms with E-state index < -0.39 is 16.6 Å². The molecule has 0 radical (unpaired) electrons. The van der Waals surface area contributed by atoms with Crippen LogP contribution < -0.4 is 81.7 Å². The molecule has 23 rings (SSSR count). The Morgan fingerprint density at radius 1 is 0.389 bits per heavy atom. The third-order valence-corrected chi connectivity index (χ3v) is 28.0. The molecule has 10 aliphatic rings. The summed E-state index contributed by atoms with van der Waals surface area (Å²) in [7, 11) is 0. The number of anilines is 14. The van der Waals surface area contributed by atoms with Gasteiger partial charge in [-0.05, 0) is 187 Å². The summed E-state index contributed by atoms with van der Waals surface area (Å²) >= 11 is 10.1. The van der Waals surface area contributed by atoms with Crippen molar-refractivity contribution in [1.29, 1.82) is 0 Å². The Morgan fingerprint density at radius 3 is 0.944 bits per heavy atom. The molecular formula is C96H109Br3ClN35O9. The molecule has 750 valence electrons. The molecule has 5 atom stereocenters. The quantitative estimate of drug-likeness (QED) is 0.0150. The van der Waals surface area contributed by atoms with Crippen LogP contribution in [-0.4, -0.2) is 274 Å². The molecule has 48 heteroatoms. The van der Waals surface area contributed by atoms with Crippen molar-refractivity contribution in [3.63, 3.8) is 0 Å². The highest BCUT2D eigenvalue weighted by atomic mass is 79.9. The number of nitrogen functional groups attached to an aromatic ring is 1. The number of nitrogens with one attached hydrogen (secondary N) is 4. The minimum atomic E-state index is -0.550. The Labute approximate surface area is 859 Å². The van der Waals surface area contributed by atoms with Gasteiger partial charge in [-0.3, -0.25) is 35.1 Å². The van der Waals surface area contributed by atoms with Gasteiger partial charge in [0.15, 0.2) is 64.0 Å². The Morgan fingerprint density at radius 2 is 0.660 bits per heavy atom. The van der Waals surface area contributed by atoms with Gasteiger partial charge >= 0.3 is 6.09 Å². The minimum absolute atomic E-state index is 0. The van der Waals surface area contributed by atoms with Crippen molar-refractivity contribution in [2.75, 3.05) is 202 Å². The highest BCUT2D eigenvalue weighted by molar-refractivity contribution is 9.11. The third kappa shape index (κ3) is 22.9. The molecule has 0 spiro atoms. The fraction of sp³-hybridized carbons (Fsp3) is 0.417. The van der Waals surface area contributed by atoms with Crippen LogP contribution in [-0.2, 0) is 16.0 Å². The molecule has 0 aliphatic carbocycles. The topological polar surface area (TPSA) is 512 Å². The number of nitro benzene ring substituents is 3. The Hall–Kier alpha value is -14.2. The predicted molar refractivity (Wildman–Crippen MR) is 569 cm³/mol. The average molecular weight is 2170 g/mol. The van der Waals surface area contributed by atoms with Crippen molar-refractivity contribution in [1.82, 2.24) is 86.2 Å². The van der Waals surface area contributed by atoms with Gasteiger partial charge in [-0.2, -0.15) is 0 Å². The smallest absolute Gasteiger partial charge is 0.407 e. The first-order chi connectivity index (χ1) is 69.2. The number of hydrogen-bond donors (Lipinski definition) is 6. The number of aromatic nitrogens is 16. The Kier molecular flexibility index (Phi) is 30.5. The molecular weight excluding hydrogens is 2060 g/mol. The van der Waals surface area contributed by atoms with Crippen LogP contribution in [0.2, 0.25) is 0 Å². The molecule has 44 nitrogen and oxygen atoms in total. The second kappa shape index (κ2) is 43.9. The van der Waals surface area contributed by atoms with E-state index in [4.69, 9.17) is 16.2 Å². The number of halogens is 4. The molecule has 1 amide bonds. The van der Waals surface area contributed by atoms with E-state index in [9.17, 15) is 39.9 Å². The maximum absolute atomic E-state index is 12.1. The van der Waals surface area contributed by atoms with Gasteiger partial charge in [0.05, 0.1) is 34.2 Å². The number of fused-ring (bicyclic) bond motifs is 5.